The number of hydrogen-bond acceptors (Lipinski definition) is 3. The zero-order valence-corrected chi connectivity index (χ0v) is 19.4. The standard InChI is InChI=1S/C28H19N3.Pt/c1-3-11-22(12-4-1)27-18-10-19-28(30-27)31(24-14-5-2-6-15-24)25-16-9-13-23(21-25)26-17-7-8-20-29-26;/h1-11,13-20H;/q-2;+2. The van der Waals surface area contributed by atoms with Crippen molar-refractivity contribution in [3.05, 3.63) is 128 Å². The fourth-order valence-corrected chi connectivity index (χ4v) is 3.48. The van der Waals surface area contributed by atoms with Crippen LogP contribution < -0.4 is 4.90 Å². The summed E-state index contributed by atoms with van der Waals surface area (Å²) >= 11 is 0. The summed E-state index contributed by atoms with van der Waals surface area (Å²) in [6.45, 7) is 0. The molecule has 3 nitrogen and oxygen atoms in total. The monoisotopic (exact) mass is 592 g/mol. The van der Waals surface area contributed by atoms with Crippen LogP contribution in [0, 0.1) is 12.1 Å². The fourth-order valence-electron chi connectivity index (χ4n) is 3.48. The van der Waals surface area contributed by atoms with Gasteiger partial charge in [-0.25, -0.2) is 0 Å². The Morgan fingerprint density at radius 1 is 0.625 bits per heavy atom. The molecule has 0 aliphatic carbocycles. The topological polar surface area (TPSA) is 29.0 Å². The zero-order chi connectivity index (χ0) is 20.9. The summed E-state index contributed by atoms with van der Waals surface area (Å²) in [6.07, 6.45) is 1.80. The predicted octanol–water partition coefficient (Wildman–Crippen LogP) is 6.88. The molecule has 0 spiro atoms. The van der Waals surface area contributed by atoms with Crippen LogP contribution in [-0.2, 0) is 21.1 Å². The maximum absolute atomic E-state index is 4.96. The smallest absolute Gasteiger partial charge is 0.314 e. The molecule has 0 saturated heterocycles. The Kier molecular flexibility index (Phi) is 6.89. The molecule has 32 heavy (non-hydrogen) atoms. The molecule has 0 aliphatic rings. The van der Waals surface area contributed by atoms with Crippen molar-refractivity contribution in [2.45, 2.75) is 0 Å². The van der Waals surface area contributed by atoms with E-state index in [0.717, 1.165) is 39.7 Å². The molecule has 0 aliphatic heterocycles. The molecule has 0 saturated carbocycles. The molecule has 5 aromatic rings. The van der Waals surface area contributed by atoms with Crippen LogP contribution in [0.5, 0.6) is 0 Å². The van der Waals surface area contributed by atoms with Crippen LogP contribution in [0.2, 0.25) is 0 Å². The van der Waals surface area contributed by atoms with Gasteiger partial charge in [0, 0.05) is 11.9 Å². The SMILES string of the molecule is [Pt+2].[c-]1ccccc1-c1cccc(N(c2[c-]c(-c3ccccn3)ccc2)c2ccccc2)n1. The number of rotatable bonds is 5. The van der Waals surface area contributed by atoms with Gasteiger partial charge in [-0.15, -0.1) is 65.7 Å². The van der Waals surface area contributed by atoms with E-state index < -0.39 is 0 Å². The van der Waals surface area contributed by atoms with Gasteiger partial charge >= 0.3 is 21.1 Å². The molecule has 0 fully saturated rings. The number of hydrogen-bond donors (Lipinski definition) is 0. The van der Waals surface area contributed by atoms with E-state index in [1.807, 2.05) is 97.1 Å². The number of benzene rings is 3. The average Bonchev–Trinajstić information content (AvgIpc) is 2.86. The summed E-state index contributed by atoms with van der Waals surface area (Å²) < 4.78 is 0. The second-order valence-corrected chi connectivity index (χ2v) is 6.99. The van der Waals surface area contributed by atoms with E-state index >= 15 is 0 Å². The van der Waals surface area contributed by atoms with Gasteiger partial charge in [0.25, 0.3) is 0 Å². The fraction of sp³-hybridized carbons (Fsp3) is 0. The van der Waals surface area contributed by atoms with E-state index in [2.05, 4.69) is 34.1 Å². The van der Waals surface area contributed by atoms with E-state index in [1.54, 1.807) is 6.20 Å². The Morgan fingerprint density at radius 3 is 2.16 bits per heavy atom. The molecule has 156 valence electrons. The summed E-state index contributed by atoms with van der Waals surface area (Å²) in [6, 6.07) is 42.9. The van der Waals surface area contributed by atoms with Gasteiger partial charge in [0.15, 0.2) is 0 Å². The summed E-state index contributed by atoms with van der Waals surface area (Å²) in [5.41, 5.74) is 5.57. The van der Waals surface area contributed by atoms with Crippen LogP contribution >= 0.6 is 0 Å². The molecule has 3 aromatic carbocycles. The Balaban J connectivity index is 0.00000245. The maximum Gasteiger partial charge on any atom is 2.00 e. The average molecular weight is 593 g/mol. The van der Waals surface area contributed by atoms with Crippen LogP contribution in [0.15, 0.2) is 115 Å². The minimum absolute atomic E-state index is 0. The third-order valence-electron chi connectivity index (χ3n) is 4.92. The largest absolute Gasteiger partial charge is 2.00 e. The van der Waals surface area contributed by atoms with Gasteiger partial charge in [0.2, 0.25) is 0 Å². The van der Waals surface area contributed by atoms with Gasteiger partial charge < -0.3 is 9.88 Å². The van der Waals surface area contributed by atoms with E-state index in [4.69, 9.17) is 4.98 Å². The minimum atomic E-state index is 0. The van der Waals surface area contributed by atoms with E-state index in [1.165, 1.54) is 0 Å². The molecule has 4 heteroatoms. The molecule has 2 aromatic heterocycles. The van der Waals surface area contributed by atoms with Crippen LogP contribution in [0.3, 0.4) is 0 Å². The van der Waals surface area contributed by atoms with Crippen molar-refractivity contribution in [1.82, 2.24) is 9.97 Å². The third-order valence-corrected chi connectivity index (χ3v) is 4.92. The summed E-state index contributed by atoms with van der Waals surface area (Å²) in [5, 5.41) is 0. The third kappa shape index (κ3) is 4.69. The van der Waals surface area contributed by atoms with Gasteiger partial charge in [-0.1, -0.05) is 42.5 Å². The Labute approximate surface area is 202 Å². The number of anilines is 3. The first-order valence-corrected chi connectivity index (χ1v) is 10.1. The van der Waals surface area contributed by atoms with Gasteiger partial charge in [0.1, 0.15) is 5.82 Å². The van der Waals surface area contributed by atoms with Crippen LogP contribution in [0.25, 0.3) is 22.5 Å². The summed E-state index contributed by atoms with van der Waals surface area (Å²) in [4.78, 5) is 11.5. The molecule has 0 radical (unpaired) electrons. The van der Waals surface area contributed by atoms with E-state index in [-0.39, 0.29) is 21.1 Å². The van der Waals surface area contributed by atoms with Crippen molar-refractivity contribution in [2.24, 2.45) is 0 Å². The molecule has 0 atom stereocenters. The quantitative estimate of drug-likeness (QED) is 0.209. The number of nitrogens with zero attached hydrogens (tertiary/aromatic N) is 3. The first-order chi connectivity index (χ1) is 15.4. The van der Waals surface area contributed by atoms with Crippen molar-refractivity contribution in [3.63, 3.8) is 0 Å². The second-order valence-electron chi connectivity index (χ2n) is 6.99. The van der Waals surface area contributed by atoms with Gasteiger partial charge in [0.05, 0.1) is 0 Å². The van der Waals surface area contributed by atoms with Crippen LogP contribution in [0.1, 0.15) is 0 Å². The normalized spacial score (nSPS) is 10.2. The summed E-state index contributed by atoms with van der Waals surface area (Å²) in [5.74, 6) is 0.815. The minimum Gasteiger partial charge on any atom is -0.314 e. The van der Waals surface area contributed by atoms with Gasteiger partial charge in [-0.3, -0.25) is 4.98 Å². The Morgan fingerprint density at radius 2 is 1.38 bits per heavy atom. The molecule has 2 heterocycles. The number of para-hydroxylation sites is 1. The Hall–Kier alpha value is -3.55. The van der Waals surface area contributed by atoms with Crippen molar-refractivity contribution in [2.75, 3.05) is 4.90 Å². The van der Waals surface area contributed by atoms with Crippen molar-refractivity contribution in [3.8, 4) is 22.5 Å². The van der Waals surface area contributed by atoms with Crippen molar-refractivity contribution < 1.29 is 21.1 Å². The molecule has 0 amide bonds. The first kappa shape index (κ1) is 21.7. The Bertz CT molecular complexity index is 1190. The number of pyridine rings is 2. The summed E-state index contributed by atoms with van der Waals surface area (Å²) in [7, 11) is 0. The first-order valence-electron chi connectivity index (χ1n) is 10.1. The number of aromatic nitrogens is 2. The predicted molar refractivity (Wildman–Crippen MR) is 125 cm³/mol. The second kappa shape index (κ2) is 10.2. The van der Waals surface area contributed by atoms with E-state index in [9.17, 15) is 0 Å². The molecular weight excluding hydrogens is 573 g/mol. The molecular formula is C28H19N3Pt. The maximum atomic E-state index is 4.96. The molecule has 0 unspecified atom stereocenters. The van der Waals surface area contributed by atoms with Gasteiger partial charge in [-0.05, 0) is 41.3 Å². The zero-order valence-electron chi connectivity index (χ0n) is 17.1. The van der Waals surface area contributed by atoms with Gasteiger partial charge in [-0.2, -0.15) is 0 Å². The van der Waals surface area contributed by atoms with Crippen molar-refractivity contribution >= 4 is 17.2 Å². The molecule has 0 bridgehead atoms. The van der Waals surface area contributed by atoms with Crippen LogP contribution in [0.4, 0.5) is 17.2 Å². The molecule has 0 N–H and O–H groups in total. The van der Waals surface area contributed by atoms with Crippen molar-refractivity contribution in [1.29, 1.82) is 0 Å². The van der Waals surface area contributed by atoms with Crippen LogP contribution in [-0.4, -0.2) is 9.97 Å². The molecule has 5 rings (SSSR count). The van der Waals surface area contributed by atoms with E-state index in [0.29, 0.717) is 0 Å².